The summed E-state index contributed by atoms with van der Waals surface area (Å²) in [6.07, 6.45) is 0. The second kappa shape index (κ2) is 7.92. The SMILES string of the molecule is CC(C)c1ccc(C(=O)N2CCN(C(=O)c3cccc(Cl)c3)CC2)cc1. The summed E-state index contributed by atoms with van der Waals surface area (Å²) >= 11 is 5.97. The lowest BCUT2D eigenvalue weighted by Crippen LogP contribution is -2.50. The Kier molecular flexibility index (Phi) is 5.62. The highest BCUT2D eigenvalue weighted by Crippen LogP contribution is 2.17. The first kappa shape index (κ1) is 18.5. The minimum Gasteiger partial charge on any atom is -0.335 e. The molecule has 1 fully saturated rings. The van der Waals surface area contributed by atoms with Gasteiger partial charge in [0.25, 0.3) is 11.8 Å². The van der Waals surface area contributed by atoms with Gasteiger partial charge in [0.15, 0.2) is 0 Å². The van der Waals surface area contributed by atoms with Crippen LogP contribution >= 0.6 is 11.6 Å². The zero-order valence-electron chi connectivity index (χ0n) is 15.1. The third-order valence-electron chi connectivity index (χ3n) is 4.75. The molecule has 1 heterocycles. The van der Waals surface area contributed by atoms with Crippen LogP contribution in [0, 0.1) is 0 Å². The van der Waals surface area contributed by atoms with Gasteiger partial charge in [-0.2, -0.15) is 0 Å². The van der Waals surface area contributed by atoms with E-state index in [9.17, 15) is 9.59 Å². The van der Waals surface area contributed by atoms with Crippen molar-refractivity contribution >= 4 is 23.4 Å². The highest BCUT2D eigenvalue weighted by atomic mass is 35.5. The Bertz CT molecular complexity index is 794. The highest BCUT2D eigenvalue weighted by molar-refractivity contribution is 6.30. The zero-order valence-corrected chi connectivity index (χ0v) is 15.9. The quantitative estimate of drug-likeness (QED) is 0.817. The van der Waals surface area contributed by atoms with E-state index in [1.165, 1.54) is 5.56 Å². The largest absolute Gasteiger partial charge is 0.335 e. The maximum absolute atomic E-state index is 12.7. The summed E-state index contributed by atoms with van der Waals surface area (Å²) in [5, 5.41) is 0.550. The lowest BCUT2D eigenvalue weighted by molar-refractivity contribution is 0.0535. The number of piperazine rings is 1. The van der Waals surface area contributed by atoms with Gasteiger partial charge in [0.1, 0.15) is 0 Å². The second-order valence-corrected chi connectivity index (χ2v) is 7.31. The van der Waals surface area contributed by atoms with Crippen molar-refractivity contribution in [2.45, 2.75) is 19.8 Å². The van der Waals surface area contributed by atoms with Gasteiger partial charge in [-0.3, -0.25) is 9.59 Å². The number of carbonyl (C=O) groups is 2. The minimum absolute atomic E-state index is 0.0233. The van der Waals surface area contributed by atoms with Crippen LogP contribution < -0.4 is 0 Å². The molecule has 0 aromatic heterocycles. The number of amides is 2. The molecular formula is C21H23ClN2O2. The lowest BCUT2D eigenvalue weighted by Gasteiger charge is -2.35. The standard InChI is InChI=1S/C21H23ClN2O2/c1-15(2)16-6-8-17(9-7-16)20(25)23-10-12-24(13-11-23)21(26)18-4-3-5-19(22)14-18/h3-9,14-15H,10-13H2,1-2H3. The Hall–Kier alpha value is -2.33. The first-order valence-electron chi connectivity index (χ1n) is 8.90. The first-order chi connectivity index (χ1) is 12.5. The number of rotatable bonds is 3. The number of hydrogen-bond acceptors (Lipinski definition) is 2. The lowest BCUT2D eigenvalue weighted by atomic mass is 10.0. The van der Waals surface area contributed by atoms with E-state index in [1.807, 2.05) is 29.2 Å². The third-order valence-corrected chi connectivity index (χ3v) is 4.99. The average Bonchev–Trinajstić information content (AvgIpc) is 2.67. The Morgan fingerprint density at radius 3 is 1.88 bits per heavy atom. The molecule has 1 saturated heterocycles. The summed E-state index contributed by atoms with van der Waals surface area (Å²) in [6.45, 7) is 6.40. The molecule has 0 bridgehead atoms. The first-order valence-corrected chi connectivity index (χ1v) is 9.27. The molecule has 0 spiro atoms. The molecule has 0 saturated carbocycles. The van der Waals surface area contributed by atoms with Crippen molar-refractivity contribution in [3.8, 4) is 0 Å². The van der Waals surface area contributed by atoms with E-state index in [-0.39, 0.29) is 11.8 Å². The molecule has 136 valence electrons. The van der Waals surface area contributed by atoms with E-state index in [2.05, 4.69) is 13.8 Å². The summed E-state index contributed by atoms with van der Waals surface area (Å²) in [4.78, 5) is 28.8. The van der Waals surface area contributed by atoms with Gasteiger partial charge in [0, 0.05) is 42.3 Å². The van der Waals surface area contributed by atoms with Crippen molar-refractivity contribution in [2.24, 2.45) is 0 Å². The van der Waals surface area contributed by atoms with E-state index in [0.29, 0.717) is 48.2 Å². The molecule has 2 aromatic rings. The molecule has 3 rings (SSSR count). The van der Waals surface area contributed by atoms with Crippen molar-refractivity contribution < 1.29 is 9.59 Å². The molecule has 0 aliphatic carbocycles. The maximum Gasteiger partial charge on any atom is 0.254 e. The van der Waals surface area contributed by atoms with Crippen LogP contribution in [0.5, 0.6) is 0 Å². The van der Waals surface area contributed by atoms with Gasteiger partial charge in [-0.25, -0.2) is 0 Å². The Labute approximate surface area is 159 Å². The molecule has 0 atom stereocenters. The number of halogens is 1. The van der Waals surface area contributed by atoms with Gasteiger partial charge in [0.05, 0.1) is 0 Å². The number of carbonyl (C=O) groups excluding carboxylic acids is 2. The molecule has 0 unspecified atom stereocenters. The summed E-state index contributed by atoms with van der Waals surface area (Å²) in [7, 11) is 0. The molecule has 26 heavy (non-hydrogen) atoms. The van der Waals surface area contributed by atoms with Crippen molar-refractivity contribution in [1.82, 2.24) is 9.80 Å². The highest BCUT2D eigenvalue weighted by Gasteiger charge is 2.25. The molecular weight excluding hydrogens is 348 g/mol. The van der Waals surface area contributed by atoms with E-state index in [4.69, 9.17) is 11.6 Å². The number of benzene rings is 2. The monoisotopic (exact) mass is 370 g/mol. The van der Waals surface area contributed by atoms with E-state index < -0.39 is 0 Å². The number of nitrogens with zero attached hydrogens (tertiary/aromatic N) is 2. The van der Waals surface area contributed by atoms with Gasteiger partial charge in [-0.15, -0.1) is 0 Å². The van der Waals surface area contributed by atoms with Gasteiger partial charge in [-0.1, -0.05) is 43.6 Å². The van der Waals surface area contributed by atoms with Crippen LogP contribution in [0.1, 0.15) is 46.0 Å². The second-order valence-electron chi connectivity index (χ2n) is 6.87. The van der Waals surface area contributed by atoms with Crippen LogP contribution in [-0.2, 0) is 0 Å². The summed E-state index contributed by atoms with van der Waals surface area (Å²) in [5.41, 5.74) is 2.50. The molecule has 2 amide bonds. The van der Waals surface area contributed by atoms with E-state index in [0.717, 1.165) is 0 Å². The van der Waals surface area contributed by atoms with Crippen molar-refractivity contribution in [3.63, 3.8) is 0 Å². The molecule has 0 radical (unpaired) electrons. The molecule has 2 aromatic carbocycles. The Morgan fingerprint density at radius 2 is 1.38 bits per heavy atom. The van der Waals surface area contributed by atoms with Crippen molar-refractivity contribution in [3.05, 3.63) is 70.2 Å². The summed E-state index contributed by atoms with van der Waals surface area (Å²) < 4.78 is 0. The van der Waals surface area contributed by atoms with E-state index >= 15 is 0 Å². The minimum atomic E-state index is -0.0408. The Balaban J connectivity index is 1.61. The molecule has 1 aliphatic rings. The Morgan fingerprint density at radius 1 is 0.846 bits per heavy atom. The van der Waals surface area contributed by atoms with Crippen LogP contribution in [0.15, 0.2) is 48.5 Å². The van der Waals surface area contributed by atoms with Crippen molar-refractivity contribution in [1.29, 1.82) is 0 Å². The fraction of sp³-hybridized carbons (Fsp3) is 0.333. The van der Waals surface area contributed by atoms with E-state index in [1.54, 1.807) is 29.2 Å². The summed E-state index contributed by atoms with van der Waals surface area (Å²) in [6, 6.07) is 14.8. The molecule has 1 aliphatic heterocycles. The van der Waals surface area contributed by atoms with Crippen LogP contribution in [0.3, 0.4) is 0 Å². The normalized spacial score (nSPS) is 14.6. The van der Waals surface area contributed by atoms with Crippen LogP contribution in [0.25, 0.3) is 0 Å². The molecule has 5 heteroatoms. The summed E-state index contributed by atoms with van der Waals surface area (Å²) in [5.74, 6) is 0.427. The average molecular weight is 371 g/mol. The predicted molar refractivity (Wildman–Crippen MR) is 104 cm³/mol. The van der Waals surface area contributed by atoms with Gasteiger partial charge in [-0.05, 0) is 41.8 Å². The molecule has 4 nitrogen and oxygen atoms in total. The maximum atomic E-state index is 12.7. The van der Waals surface area contributed by atoms with Gasteiger partial charge >= 0.3 is 0 Å². The van der Waals surface area contributed by atoms with Gasteiger partial charge in [0.2, 0.25) is 0 Å². The van der Waals surface area contributed by atoms with Crippen LogP contribution in [-0.4, -0.2) is 47.8 Å². The topological polar surface area (TPSA) is 40.6 Å². The van der Waals surface area contributed by atoms with Crippen LogP contribution in [0.4, 0.5) is 0 Å². The van der Waals surface area contributed by atoms with Crippen molar-refractivity contribution in [2.75, 3.05) is 26.2 Å². The fourth-order valence-electron chi connectivity index (χ4n) is 3.11. The number of hydrogen-bond donors (Lipinski definition) is 0. The third kappa shape index (κ3) is 4.07. The zero-order chi connectivity index (χ0) is 18.7. The molecule has 0 N–H and O–H groups in total. The van der Waals surface area contributed by atoms with Gasteiger partial charge < -0.3 is 9.80 Å². The predicted octanol–water partition coefficient (Wildman–Crippen LogP) is 4.06. The van der Waals surface area contributed by atoms with Crippen LogP contribution in [0.2, 0.25) is 5.02 Å². The fourth-order valence-corrected chi connectivity index (χ4v) is 3.30. The smallest absolute Gasteiger partial charge is 0.254 e.